The molecule has 0 saturated heterocycles. The first kappa shape index (κ1) is 14.0. The van der Waals surface area contributed by atoms with Gasteiger partial charge < -0.3 is 15.4 Å². The predicted octanol–water partition coefficient (Wildman–Crippen LogP) is 1.54. The molecule has 1 fully saturated rings. The fraction of sp³-hybridized carbons (Fsp3) is 0.533. The number of carbonyl (C=O) groups is 1. The molecule has 1 unspecified atom stereocenters. The molecule has 1 aromatic rings. The number of amides is 1. The van der Waals surface area contributed by atoms with Gasteiger partial charge in [0, 0.05) is 26.3 Å². The lowest BCUT2D eigenvalue weighted by Gasteiger charge is -2.25. The molecule has 1 atom stereocenters. The third-order valence-corrected chi connectivity index (χ3v) is 3.42. The van der Waals surface area contributed by atoms with Crippen molar-refractivity contribution in [2.45, 2.75) is 37.9 Å². The minimum absolute atomic E-state index is 0.0448. The third-order valence-electron chi connectivity index (χ3n) is 3.42. The van der Waals surface area contributed by atoms with E-state index in [9.17, 15) is 4.79 Å². The molecule has 0 heterocycles. The van der Waals surface area contributed by atoms with E-state index in [0.717, 1.165) is 18.4 Å². The number of benzene rings is 1. The number of carbonyl (C=O) groups excluding carboxylic acids is 1. The predicted molar refractivity (Wildman–Crippen MR) is 74.5 cm³/mol. The van der Waals surface area contributed by atoms with Crippen LogP contribution in [-0.4, -0.2) is 36.6 Å². The Morgan fingerprint density at radius 2 is 2.11 bits per heavy atom. The van der Waals surface area contributed by atoms with Crippen LogP contribution < -0.4 is 5.73 Å². The molecule has 0 aromatic heterocycles. The monoisotopic (exact) mass is 262 g/mol. The summed E-state index contributed by atoms with van der Waals surface area (Å²) in [6.07, 6.45) is 2.76. The van der Waals surface area contributed by atoms with Gasteiger partial charge in [-0.15, -0.1) is 0 Å². The van der Waals surface area contributed by atoms with Gasteiger partial charge in [0.15, 0.2) is 0 Å². The Morgan fingerprint density at radius 1 is 1.42 bits per heavy atom. The summed E-state index contributed by atoms with van der Waals surface area (Å²) in [5.41, 5.74) is 7.11. The van der Waals surface area contributed by atoms with Crippen molar-refractivity contribution in [3.05, 3.63) is 35.9 Å². The second-order valence-corrected chi connectivity index (χ2v) is 5.07. The maximum absolute atomic E-state index is 12.4. The highest BCUT2D eigenvalue weighted by atomic mass is 16.5. The molecule has 19 heavy (non-hydrogen) atoms. The number of methoxy groups -OCH3 is 1. The van der Waals surface area contributed by atoms with E-state index in [-0.39, 0.29) is 5.91 Å². The van der Waals surface area contributed by atoms with Crippen LogP contribution in [0.3, 0.4) is 0 Å². The minimum Gasteiger partial charge on any atom is -0.385 e. The van der Waals surface area contributed by atoms with Gasteiger partial charge in [0.05, 0.1) is 6.04 Å². The number of ether oxygens (including phenoxy) is 1. The van der Waals surface area contributed by atoms with E-state index >= 15 is 0 Å². The van der Waals surface area contributed by atoms with Crippen LogP contribution in [0.25, 0.3) is 0 Å². The van der Waals surface area contributed by atoms with Gasteiger partial charge in [0.25, 0.3) is 0 Å². The van der Waals surface area contributed by atoms with Gasteiger partial charge in [-0.05, 0) is 24.8 Å². The van der Waals surface area contributed by atoms with Crippen LogP contribution in [0.4, 0.5) is 0 Å². The van der Waals surface area contributed by atoms with E-state index in [1.54, 1.807) is 7.11 Å². The zero-order valence-electron chi connectivity index (χ0n) is 11.4. The first-order valence-corrected chi connectivity index (χ1v) is 6.81. The van der Waals surface area contributed by atoms with E-state index in [0.29, 0.717) is 25.6 Å². The first-order valence-electron chi connectivity index (χ1n) is 6.81. The van der Waals surface area contributed by atoms with Crippen LogP contribution in [0.1, 0.15) is 24.8 Å². The van der Waals surface area contributed by atoms with Gasteiger partial charge in [-0.2, -0.15) is 0 Å². The molecule has 1 aliphatic carbocycles. The second kappa shape index (κ2) is 6.68. The topological polar surface area (TPSA) is 55.6 Å². The summed E-state index contributed by atoms with van der Waals surface area (Å²) in [5.74, 6) is 0.0448. The Morgan fingerprint density at radius 3 is 2.68 bits per heavy atom. The number of nitrogens with zero attached hydrogens (tertiary/aromatic N) is 1. The molecule has 0 radical (unpaired) electrons. The Hall–Kier alpha value is -1.39. The molecule has 2 rings (SSSR count). The van der Waals surface area contributed by atoms with Crippen LogP contribution >= 0.6 is 0 Å². The van der Waals surface area contributed by atoms with Gasteiger partial charge in [0.2, 0.25) is 5.91 Å². The number of rotatable bonds is 7. The Labute approximate surface area is 114 Å². The molecule has 1 aromatic carbocycles. The molecule has 1 aliphatic rings. The van der Waals surface area contributed by atoms with Gasteiger partial charge in [-0.3, -0.25) is 4.79 Å². The van der Waals surface area contributed by atoms with Crippen LogP contribution in [-0.2, 0) is 16.1 Å². The average Bonchev–Trinajstić information content (AvgIpc) is 3.27. The van der Waals surface area contributed by atoms with E-state index in [2.05, 4.69) is 0 Å². The fourth-order valence-corrected chi connectivity index (χ4v) is 2.13. The van der Waals surface area contributed by atoms with Crippen molar-refractivity contribution in [3.8, 4) is 0 Å². The number of hydrogen-bond donors (Lipinski definition) is 1. The molecule has 4 nitrogen and oxygen atoms in total. The number of nitrogens with two attached hydrogens (primary N) is 1. The van der Waals surface area contributed by atoms with E-state index in [4.69, 9.17) is 10.5 Å². The minimum atomic E-state index is -0.454. The van der Waals surface area contributed by atoms with E-state index in [1.807, 2.05) is 35.2 Å². The van der Waals surface area contributed by atoms with Gasteiger partial charge >= 0.3 is 0 Å². The largest absolute Gasteiger partial charge is 0.385 e. The summed E-state index contributed by atoms with van der Waals surface area (Å²) in [6, 6.07) is 9.99. The van der Waals surface area contributed by atoms with Crippen molar-refractivity contribution in [2.75, 3.05) is 13.7 Å². The van der Waals surface area contributed by atoms with E-state index in [1.165, 1.54) is 0 Å². The zero-order valence-corrected chi connectivity index (χ0v) is 11.4. The summed E-state index contributed by atoms with van der Waals surface area (Å²) >= 11 is 0. The molecule has 2 N–H and O–H groups in total. The molecule has 104 valence electrons. The Balaban J connectivity index is 1.97. The molecule has 1 amide bonds. The second-order valence-electron chi connectivity index (χ2n) is 5.07. The van der Waals surface area contributed by atoms with Crippen molar-refractivity contribution in [3.63, 3.8) is 0 Å². The zero-order chi connectivity index (χ0) is 13.7. The lowest BCUT2D eigenvalue weighted by Crippen LogP contribution is -2.45. The molecule has 0 bridgehead atoms. The van der Waals surface area contributed by atoms with Gasteiger partial charge in [-0.25, -0.2) is 0 Å². The molecular weight excluding hydrogens is 240 g/mol. The number of hydrogen-bond acceptors (Lipinski definition) is 3. The quantitative estimate of drug-likeness (QED) is 0.811. The van der Waals surface area contributed by atoms with Gasteiger partial charge in [-0.1, -0.05) is 30.3 Å². The fourth-order valence-electron chi connectivity index (χ4n) is 2.13. The van der Waals surface area contributed by atoms with Crippen LogP contribution in [0.2, 0.25) is 0 Å². The van der Waals surface area contributed by atoms with Crippen LogP contribution in [0.5, 0.6) is 0 Å². The van der Waals surface area contributed by atoms with Crippen molar-refractivity contribution in [1.29, 1.82) is 0 Å². The lowest BCUT2D eigenvalue weighted by atomic mass is 10.1. The first-order chi connectivity index (χ1) is 9.22. The highest BCUT2D eigenvalue weighted by molar-refractivity contribution is 5.82. The third kappa shape index (κ3) is 4.04. The van der Waals surface area contributed by atoms with Crippen LogP contribution in [0.15, 0.2) is 30.3 Å². The maximum atomic E-state index is 12.4. The van der Waals surface area contributed by atoms with Crippen molar-refractivity contribution < 1.29 is 9.53 Å². The van der Waals surface area contributed by atoms with Gasteiger partial charge in [0.1, 0.15) is 0 Å². The molecule has 0 aliphatic heterocycles. The summed E-state index contributed by atoms with van der Waals surface area (Å²) in [5, 5.41) is 0. The van der Waals surface area contributed by atoms with Crippen molar-refractivity contribution in [1.82, 2.24) is 4.90 Å². The van der Waals surface area contributed by atoms with Crippen molar-refractivity contribution >= 4 is 5.91 Å². The maximum Gasteiger partial charge on any atom is 0.240 e. The SMILES string of the molecule is COCCC(N)C(=O)N(Cc1ccccc1)C1CC1. The summed E-state index contributed by atoms with van der Waals surface area (Å²) < 4.78 is 4.99. The molecule has 1 saturated carbocycles. The Kier molecular flexibility index (Phi) is 4.93. The molecule has 4 heteroatoms. The average molecular weight is 262 g/mol. The lowest BCUT2D eigenvalue weighted by molar-refractivity contribution is -0.134. The summed E-state index contributed by atoms with van der Waals surface area (Å²) in [6.45, 7) is 1.18. The molecule has 0 spiro atoms. The molecular formula is C15H22N2O2. The summed E-state index contributed by atoms with van der Waals surface area (Å²) in [4.78, 5) is 14.3. The Bertz CT molecular complexity index is 404. The highest BCUT2D eigenvalue weighted by Gasteiger charge is 2.34. The normalized spacial score (nSPS) is 16.1. The standard InChI is InChI=1S/C15H22N2O2/c1-19-10-9-14(16)15(18)17(13-7-8-13)11-12-5-3-2-4-6-12/h2-6,13-14H,7-11,16H2,1H3. The summed E-state index contributed by atoms with van der Waals surface area (Å²) in [7, 11) is 1.62. The highest BCUT2D eigenvalue weighted by Crippen LogP contribution is 2.29. The van der Waals surface area contributed by atoms with Crippen LogP contribution in [0, 0.1) is 0 Å². The van der Waals surface area contributed by atoms with Crippen molar-refractivity contribution in [2.24, 2.45) is 5.73 Å². The van der Waals surface area contributed by atoms with E-state index < -0.39 is 6.04 Å². The smallest absolute Gasteiger partial charge is 0.240 e.